The number of cyclic esters (lactones) is 2. The summed E-state index contributed by atoms with van der Waals surface area (Å²) in [4.78, 5) is 39.2. The van der Waals surface area contributed by atoms with Crippen molar-refractivity contribution in [3.8, 4) is 0 Å². The summed E-state index contributed by atoms with van der Waals surface area (Å²) in [7, 11) is 0. The Morgan fingerprint density at radius 2 is 1.67 bits per heavy atom. The number of esters is 2. The third-order valence-corrected chi connectivity index (χ3v) is 5.99. The second-order valence-corrected chi connectivity index (χ2v) is 10.1. The number of likely N-dealkylation sites (tertiary alicyclic amines) is 1. The summed E-state index contributed by atoms with van der Waals surface area (Å²) < 4.78 is 43.5. The van der Waals surface area contributed by atoms with Gasteiger partial charge in [0.2, 0.25) is 0 Å². The molecule has 2 saturated heterocycles. The molecule has 1 aromatic carbocycles. The van der Waals surface area contributed by atoms with Gasteiger partial charge in [0.05, 0.1) is 6.04 Å². The van der Waals surface area contributed by atoms with Crippen LogP contribution in [0, 0.1) is 17.6 Å². The Morgan fingerprint density at radius 3 is 2.18 bits per heavy atom. The molecular weight excluding hydrogens is 440 g/mol. The fourth-order valence-electron chi connectivity index (χ4n) is 4.66. The second kappa shape index (κ2) is 7.16. The molecule has 0 radical (unpaired) electrons. The van der Waals surface area contributed by atoms with E-state index in [1.807, 2.05) is 0 Å². The van der Waals surface area contributed by atoms with E-state index in [4.69, 9.17) is 14.2 Å². The molecule has 1 unspecified atom stereocenters. The van der Waals surface area contributed by atoms with Crippen molar-refractivity contribution in [3.63, 3.8) is 0 Å². The number of amides is 1. The molecule has 3 atom stereocenters. The van der Waals surface area contributed by atoms with E-state index in [9.17, 15) is 28.3 Å². The van der Waals surface area contributed by atoms with Crippen molar-refractivity contribution in [1.82, 2.24) is 4.90 Å². The van der Waals surface area contributed by atoms with Crippen LogP contribution in [0.15, 0.2) is 29.5 Å². The van der Waals surface area contributed by atoms with E-state index in [0.717, 1.165) is 6.07 Å². The van der Waals surface area contributed by atoms with Gasteiger partial charge in [-0.05, 0) is 50.8 Å². The van der Waals surface area contributed by atoms with Crippen LogP contribution in [-0.2, 0) is 29.2 Å². The first-order chi connectivity index (χ1) is 15.1. The zero-order valence-electron chi connectivity index (χ0n) is 18.9. The minimum absolute atomic E-state index is 0.0347. The van der Waals surface area contributed by atoms with Crippen LogP contribution in [-0.4, -0.2) is 52.0 Å². The average Bonchev–Trinajstić information content (AvgIpc) is 3.23. The highest BCUT2D eigenvalue weighted by Crippen LogP contribution is 2.63. The van der Waals surface area contributed by atoms with E-state index in [2.05, 4.69) is 0 Å². The molecule has 2 aliphatic heterocycles. The lowest BCUT2D eigenvalue weighted by atomic mass is 9.93. The first-order valence-corrected chi connectivity index (χ1v) is 10.5. The third-order valence-electron chi connectivity index (χ3n) is 5.99. The predicted molar refractivity (Wildman–Crippen MR) is 109 cm³/mol. The summed E-state index contributed by atoms with van der Waals surface area (Å²) in [6, 6.07) is 1.94. The number of fused-ring (bicyclic) bond motifs is 1. The Morgan fingerprint density at radius 1 is 1.12 bits per heavy atom. The van der Waals surface area contributed by atoms with Crippen LogP contribution in [0.2, 0.25) is 0 Å². The van der Waals surface area contributed by atoms with Crippen molar-refractivity contribution in [1.29, 1.82) is 0 Å². The summed E-state index contributed by atoms with van der Waals surface area (Å²) >= 11 is 0. The first-order valence-electron chi connectivity index (χ1n) is 10.5. The number of aliphatic hydroxyl groups excluding tert-OH is 1. The van der Waals surface area contributed by atoms with Crippen LogP contribution in [0.3, 0.4) is 0 Å². The smallest absolute Gasteiger partial charge is 0.410 e. The van der Waals surface area contributed by atoms with Crippen LogP contribution in [0.25, 0.3) is 0 Å². The lowest BCUT2D eigenvalue weighted by Crippen LogP contribution is -2.46. The molecule has 0 aromatic heterocycles. The summed E-state index contributed by atoms with van der Waals surface area (Å²) in [5, 5.41) is 11.1. The van der Waals surface area contributed by atoms with Crippen molar-refractivity contribution in [2.75, 3.05) is 6.54 Å². The molecule has 3 fully saturated rings. The maximum atomic E-state index is 13.9. The minimum atomic E-state index is -1.51. The molecule has 2 heterocycles. The zero-order valence-corrected chi connectivity index (χ0v) is 18.9. The van der Waals surface area contributed by atoms with Gasteiger partial charge in [-0.15, -0.1) is 0 Å². The number of halogens is 2. The highest BCUT2D eigenvalue weighted by atomic mass is 19.1. The molecular formula is C23H25F2NO7. The molecule has 1 aromatic rings. The number of hydrogen-bond donors (Lipinski definition) is 1. The summed E-state index contributed by atoms with van der Waals surface area (Å²) in [5.74, 6) is -6.47. The van der Waals surface area contributed by atoms with Crippen LogP contribution >= 0.6 is 0 Å². The highest BCUT2D eigenvalue weighted by molar-refractivity contribution is 6.16. The van der Waals surface area contributed by atoms with Crippen LogP contribution in [0.5, 0.6) is 0 Å². The number of rotatable bonds is 2. The van der Waals surface area contributed by atoms with E-state index < -0.39 is 69.8 Å². The fraction of sp³-hybridized carbons (Fsp3) is 0.522. The number of carbonyl (C=O) groups is 3. The molecule has 1 N–H and O–H groups in total. The second-order valence-electron chi connectivity index (χ2n) is 10.1. The Balaban J connectivity index is 1.77. The summed E-state index contributed by atoms with van der Waals surface area (Å²) in [5.41, 5.74) is -2.15. The third kappa shape index (κ3) is 4.02. The molecule has 1 saturated carbocycles. The van der Waals surface area contributed by atoms with Crippen LogP contribution in [0.1, 0.15) is 46.6 Å². The molecule has 178 valence electrons. The van der Waals surface area contributed by atoms with Gasteiger partial charge in [0.25, 0.3) is 5.79 Å². The van der Waals surface area contributed by atoms with E-state index in [1.54, 1.807) is 20.8 Å². The van der Waals surface area contributed by atoms with Gasteiger partial charge in [0, 0.05) is 31.9 Å². The molecule has 1 aliphatic carbocycles. The van der Waals surface area contributed by atoms with Gasteiger partial charge in [-0.1, -0.05) is 0 Å². The molecule has 0 spiro atoms. The highest BCUT2D eigenvalue weighted by Gasteiger charge is 2.69. The quantitative estimate of drug-likeness (QED) is 0.309. The lowest BCUT2D eigenvalue weighted by Gasteiger charge is -2.33. The molecule has 8 nitrogen and oxygen atoms in total. The SMILES string of the molecule is CC(C)(C)OC(=O)N1C[C@@]2(c3cc(F)cc(F)c3)C[C@H]2C1C(O)=C1C(=O)OC(C)(C)OC1=O. The normalized spacial score (nSPS) is 28.1. The average molecular weight is 465 g/mol. The van der Waals surface area contributed by atoms with Crippen molar-refractivity contribution < 1.29 is 42.5 Å². The number of hydrogen-bond acceptors (Lipinski definition) is 7. The van der Waals surface area contributed by atoms with Crippen molar-refractivity contribution in [2.45, 2.75) is 63.9 Å². The van der Waals surface area contributed by atoms with Crippen molar-refractivity contribution in [3.05, 3.63) is 46.7 Å². The standard InChI is InChI=1S/C23H25F2NO7/c1-21(2,3)33-20(30)26-10-23(11-6-12(24)8-13(25)7-11)9-14(23)16(26)17(27)15-18(28)31-22(4,5)32-19(15)29/h6-8,14,16,27H,9-10H2,1-5H3/t14-,16?,23+/m0/s1. The van der Waals surface area contributed by atoms with Gasteiger partial charge >= 0.3 is 18.0 Å². The minimum Gasteiger partial charge on any atom is -0.509 e. The zero-order chi connectivity index (χ0) is 24.5. The molecule has 1 amide bonds. The number of piperidine rings is 1. The Hall–Kier alpha value is -3.17. The monoisotopic (exact) mass is 465 g/mol. The van der Waals surface area contributed by atoms with Crippen molar-refractivity contribution in [2.24, 2.45) is 5.92 Å². The lowest BCUT2D eigenvalue weighted by molar-refractivity contribution is -0.222. The predicted octanol–water partition coefficient (Wildman–Crippen LogP) is 3.49. The van der Waals surface area contributed by atoms with Crippen molar-refractivity contribution >= 4 is 18.0 Å². The van der Waals surface area contributed by atoms with E-state index in [-0.39, 0.29) is 6.54 Å². The van der Waals surface area contributed by atoms with E-state index in [0.29, 0.717) is 12.0 Å². The molecule has 3 aliphatic rings. The Labute approximate surface area is 189 Å². The van der Waals surface area contributed by atoms with E-state index >= 15 is 0 Å². The Kier molecular flexibility index (Phi) is 4.99. The van der Waals surface area contributed by atoms with Gasteiger partial charge in [0.1, 0.15) is 23.0 Å². The number of carbonyl (C=O) groups excluding carboxylic acids is 3. The topological polar surface area (TPSA) is 102 Å². The molecule has 0 bridgehead atoms. The number of aliphatic hydroxyl groups is 1. The fourth-order valence-corrected chi connectivity index (χ4v) is 4.66. The number of ether oxygens (including phenoxy) is 3. The van der Waals surface area contributed by atoms with Gasteiger partial charge in [-0.2, -0.15) is 0 Å². The Bertz CT molecular complexity index is 1050. The van der Waals surface area contributed by atoms with Gasteiger partial charge in [-0.3, -0.25) is 4.90 Å². The first kappa shape index (κ1) is 23.0. The molecule has 33 heavy (non-hydrogen) atoms. The van der Waals surface area contributed by atoms with Crippen LogP contribution < -0.4 is 0 Å². The van der Waals surface area contributed by atoms with Gasteiger partial charge < -0.3 is 19.3 Å². The summed E-state index contributed by atoms with van der Waals surface area (Å²) in [6.45, 7) is 7.67. The van der Waals surface area contributed by atoms with E-state index in [1.165, 1.54) is 30.9 Å². The largest absolute Gasteiger partial charge is 0.509 e. The van der Waals surface area contributed by atoms with Gasteiger partial charge in [-0.25, -0.2) is 23.2 Å². The maximum Gasteiger partial charge on any atom is 0.410 e. The number of nitrogens with zero attached hydrogens (tertiary/aromatic N) is 1. The molecule has 10 heteroatoms. The van der Waals surface area contributed by atoms with Gasteiger partial charge in [0.15, 0.2) is 5.57 Å². The summed E-state index contributed by atoms with van der Waals surface area (Å²) in [6.07, 6.45) is -0.437. The number of benzene rings is 1. The maximum absolute atomic E-state index is 13.9. The van der Waals surface area contributed by atoms with Crippen LogP contribution in [0.4, 0.5) is 13.6 Å². The molecule has 4 rings (SSSR count).